The van der Waals surface area contributed by atoms with Crippen LogP contribution in [0.5, 0.6) is 0 Å². The van der Waals surface area contributed by atoms with Crippen molar-refractivity contribution in [3.8, 4) is 23.5 Å². The van der Waals surface area contributed by atoms with Crippen LogP contribution in [-0.4, -0.2) is 70.0 Å². The summed E-state index contributed by atoms with van der Waals surface area (Å²) in [7, 11) is -3.77. The van der Waals surface area contributed by atoms with Crippen molar-refractivity contribution in [3.63, 3.8) is 0 Å². The van der Waals surface area contributed by atoms with E-state index in [0.717, 1.165) is 16.5 Å². The molecule has 0 saturated carbocycles. The quantitative estimate of drug-likeness (QED) is 0.400. The number of rotatable bonds is 6. The van der Waals surface area contributed by atoms with Crippen LogP contribution in [0.4, 0.5) is 5.95 Å². The number of pyridine rings is 1. The van der Waals surface area contributed by atoms with Gasteiger partial charge in [-0.1, -0.05) is 5.92 Å². The van der Waals surface area contributed by atoms with E-state index in [4.69, 9.17) is 6.42 Å². The number of aromatic amines is 1. The lowest BCUT2D eigenvalue weighted by atomic mass is 10.1. The number of hydrogen-bond acceptors (Lipinski definition) is 7. The maximum absolute atomic E-state index is 13.4. The van der Waals surface area contributed by atoms with Gasteiger partial charge in [0.1, 0.15) is 5.03 Å². The molecule has 1 aliphatic rings. The van der Waals surface area contributed by atoms with Gasteiger partial charge >= 0.3 is 0 Å². The zero-order chi connectivity index (χ0) is 24.4. The summed E-state index contributed by atoms with van der Waals surface area (Å²) in [5, 5.41) is 10.5. The number of anilines is 1. The monoisotopic (exact) mass is 488 g/mol. The Bertz CT molecular complexity index is 1480. The van der Waals surface area contributed by atoms with Crippen molar-refractivity contribution in [2.45, 2.75) is 17.5 Å². The van der Waals surface area contributed by atoms with Gasteiger partial charge in [0.05, 0.1) is 0 Å². The fraction of sp³-hybridized carbons (Fsp3) is 0.240. The molecule has 0 spiro atoms. The molecule has 1 aromatic carbocycles. The number of nitrogens with one attached hydrogen (secondary N) is 1. The molecule has 35 heavy (non-hydrogen) atoms. The third kappa shape index (κ3) is 4.49. The second-order valence-electron chi connectivity index (χ2n) is 8.31. The van der Waals surface area contributed by atoms with Crippen LogP contribution in [0.3, 0.4) is 0 Å². The first-order chi connectivity index (χ1) is 17.0. The van der Waals surface area contributed by atoms with Crippen LogP contribution in [0.25, 0.3) is 22.0 Å². The molecule has 0 bridgehead atoms. The van der Waals surface area contributed by atoms with Crippen LogP contribution in [0.15, 0.2) is 66.2 Å². The number of benzene rings is 1. The Morgan fingerprint density at radius 2 is 1.86 bits per heavy atom. The van der Waals surface area contributed by atoms with Crippen LogP contribution in [0, 0.1) is 12.3 Å². The van der Waals surface area contributed by atoms with E-state index >= 15 is 0 Å². The van der Waals surface area contributed by atoms with E-state index in [9.17, 15) is 13.5 Å². The number of piperazine rings is 1. The number of nitrogens with zero attached hydrogens (tertiary/aromatic N) is 5. The van der Waals surface area contributed by atoms with Gasteiger partial charge in [-0.15, -0.1) is 6.42 Å². The number of aromatic nitrogens is 4. The predicted octanol–water partition coefficient (Wildman–Crippen LogP) is 2.26. The Labute approximate surface area is 203 Å². The zero-order valence-electron chi connectivity index (χ0n) is 18.9. The first kappa shape index (κ1) is 23.0. The molecule has 0 amide bonds. The van der Waals surface area contributed by atoms with Crippen molar-refractivity contribution in [3.05, 3.63) is 66.7 Å². The molecule has 10 heteroatoms. The highest BCUT2D eigenvalue weighted by Gasteiger charge is 2.35. The fourth-order valence-electron chi connectivity index (χ4n) is 4.34. The summed E-state index contributed by atoms with van der Waals surface area (Å²) >= 11 is 0. The largest absolute Gasteiger partial charge is 0.396 e. The molecular formula is C25H24N6O3S. The highest BCUT2D eigenvalue weighted by atomic mass is 32.2. The standard InChI is InChI=1S/C25H24N6O3S/c1-2-18-3-4-23-20(13-18)14-24(29-23)35(33,34)30-10-11-31(22(17-30)7-12-32)25-27-15-21(16-28-25)19-5-8-26-9-6-19/h1,3-6,8-9,13-16,22,29,32H,7,10-12,17H2. The number of H-pyrrole nitrogens is 1. The van der Waals surface area contributed by atoms with Gasteiger partial charge in [-0.2, -0.15) is 4.31 Å². The molecule has 1 saturated heterocycles. The summed E-state index contributed by atoms with van der Waals surface area (Å²) in [5.74, 6) is 3.07. The summed E-state index contributed by atoms with van der Waals surface area (Å²) in [6.07, 6.45) is 12.8. The van der Waals surface area contributed by atoms with Crippen LogP contribution < -0.4 is 4.90 Å². The maximum atomic E-state index is 13.4. The normalized spacial score (nSPS) is 16.9. The number of sulfonamides is 1. The van der Waals surface area contributed by atoms with Gasteiger partial charge in [-0.3, -0.25) is 4.98 Å². The van der Waals surface area contributed by atoms with Gasteiger partial charge in [0.2, 0.25) is 5.95 Å². The lowest BCUT2D eigenvalue weighted by molar-refractivity contribution is 0.244. The molecule has 9 nitrogen and oxygen atoms in total. The van der Waals surface area contributed by atoms with Crippen molar-refractivity contribution >= 4 is 26.9 Å². The van der Waals surface area contributed by atoms with Crippen molar-refractivity contribution in [2.24, 2.45) is 0 Å². The summed E-state index contributed by atoms with van der Waals surface area (Å²) in [5.41, 5.74) is 3.22. The second-order valence-corrected chi connectivity index (χ2v) is 10.2. The van der Waals surface area contributed by atoms with E-state index in [1.54, 1.807) is 49.1 Å². The highest BCUT2D eigenvalue weighted by molar-refractivity contribution is 7.89. The summed E-state index contributed by atoms with van der Waals surface area (Å²) < 4.78 is 28.3. The minimum absolute atomic E-state index is 0.0780. The van der Waals surface area contributed by atoms with Crippen LogP contribution in [0.1, 0.15) is 12.0 Å². The van der Waals surface area contributed by atoms with E-state index in [1.807, 2.05) is 17.0 Å². The lowest BCUT2D eigenvalue weighted by Gasteiger charge is -2.40. The molecule has 0 radical (unpaired) electrons. The van der Waals surface area contributed by atoms with Crippen LogP contribution >= 0.6 is 0 Å². The topological polar surface area (TPSA) is 115 Å². The molecule has 1 atom stereocenters. The zero-order valence-corrected chi connectivity index (χ0v) is 19.7. The molecule has 3 aromatic heterocycles. The predicted molar refractivity (Wildman–Crippen MR) is 133 cm³/mol. The Morgan fingerprint density at radius 3 is 2.57 bits per heavy atom. The number of fused-ring (bicyclic) bond motifs is 1. The number of aliphatic hydroxyl groups is 1. The van der Waals surface area contributed by atoms with Gasteiger partial charge in [-0.05, 0) is 48.4 Å². The molecule has 4 heterocycles. The van der Waals surface area contributed by atoms with Gasteiger partial charge in [0.15, 0.2) is 0 Å². The second kappa shape index (κ2) is 9.46. The molecule has 178 valence electrons. The van der Waals surface area contributed by atoms with Crippen molar-refractivity contribution < 1.29 is 13.5 Å². The Hall–Kier alpha value is -3.78. The molecule has 4 aromatic rings. The van der Waals surface area contributed by atoms with E-state index < -0.39 is 10.0 Å². The third-order valence-corrected chi connectivity index (χ3v) is 7.98. The lowest BCUT2D eigenvalue weighted by Crippen LogP contribution is -2.55. The van der Waals surface area contributed by atoms with Crippen molar-refractivity contribution in [1.29, 1.82) is 0 Å². The highest BCUT2D eigenvalue weighted by Crippen LogP contribution is 2.27. The van der Waals surface area contributed by atoms with E-state index in [-0.39, 0.29) is 30.8 Å². The Morgan fingerprint density at radius 1 is 1.09 bits per heavy atom. The maximum Gasteiger partial charge on any atom is 0.258 e. The summed E-state index contributed by atoms with van der Waals surface area (Å²) in [4.78, 5) is 18.0. The van der Waals surface area contributed by atoms with Gasteiger partial charge in [0.25, 0.3) is 10.0 Å². The van der Waals surface area contributed by atoms with Gasteiger partial charge in [0, 0.05) is 79.1 Å². The molecule has 5 rings (SSSR count). The number of terminal acetylenes is 1. The molecule has 1 unspecified atom stereocenters. The average molecular weight is 489 g/mol. The van der Waals surface area contributed by atoms with Gasteiger partial charge in [-0.25, -0.2) is 18.4 Å². The molecular weight excluding hydrogens is 464 g/mol. The number of aliphatic hydroxyl groups excluding tert-OH is 1. The number of hydrogen-bond donors (Lipinski definition) is 2. The first-order valence-corrected chi connectivity index (χ1v) is 12.6. The summed E-state index contributed by atoms with van der Waals surface area (Å²) in [6, 6.07) is 10.4. The van der Waals surface area contributed by atoms with E-state index in [1.165, 1.54) is 4.31 Å². The SMILES string of the molecule is C#Cc1ccc2[nH]c(S(=O)(=O)N3CCN(c4ncc(-c5ccncc5)cn4)C(CCO)C3)cc2c1. The van der Waals surface area contributed by atoms with Crippen LogP contribution in [-0.2, 0) is 10.0 Å². The molecule has 0 aliphatic carbocycles. The Kier molecular flexibility index (Phi) is 6.21. The van der Waals surface area contributed by atoms with Crippen molar-refractivity contribution in [2.75, 3.05) is 31.1 Å². The Balaban J connectivity index is 1.37. The fourth-order valence-corrected chi connectivity index (χ4v) is 5.82. The van der Waals surface area contributed by atoms with Gasteiger partial charge < -0.3 is 15.0 Å². The first-order valence-electron chi connectivity index (χ1n) is 11.2. The van der Waals surface area contributed by atoms with E-state index in [2.05, 4.69) is 25.9 Å². The summed E-state index contributed by atoms with van der Waals surface area (Å²) in [6.45, 7) is 0.805. The molecule has 1 aliphatic heterocycles. The minimum atomic E-state index is -3.77. The van der Waals surface area contributed by atoms with Crippen LogP contribution in [0.2, 0.25) is 0 Å². The molecule has 2 N–H and O–H groups in total. The van der Waals surface area contributed by atoms with E-state index in [0.29, 0.717) is 30.0 Å². The van der Waals surface area contributed by atoms with Crippen molar-refractivity contribution in [1.82, 2.24) is 24.2 Å². The third-order valence-electron chi connectivity index (χ3n) is 6.20. The smallest absolute Gasteiger partial charge is 0.258 e. The average Bonchev–Trinajstić information content (AvgIpc) is 3.34. The molecule has 1 fully saturated rings. The minimum Gasteiger partial charge on any atom is -0.396 e.